The van der Waals surface area contributed by atoms with Crippen LogP contribution in [-0.4, -0.2) is 99.3 Å². The molecule has 1 aliphatic carbocycles. The highest BCUT2D eigenvalue weighted by molar-refractivity contribution is 6.01. The molecule has 13 nitrogen and oxygen atoms in total. The van der Waals surface area contributed by atoms with Gasteiger partial charge in [0.05, 0.1) is 23.4 Å². The molecule has 8 rings (SSSR count). The van der Waals surface area contributed by atoms with Crippen LogP contribution in [0, 0.1) is 6.92 Å². The zero-order chi connectivity index (χ0) is 38.1. The highest BCUT2D eigenvalue weighted by atomic mass is 16.2. The summed E-state index contributed by atoms with van der Waals surface area (Å²) in [5.74, 6) is 0.679. The Bertz CT molecular complexity index is 2130. The molecule has 55 heavy (non-hydrogen) atoms. The van der Waals surface area contributed by atoms with Crippen LogP contribution in [0.15, 0.2) is 53.6 Å². The molecule has 4 fully saturated rings. The van der Waals surface area contributed by atoms with Crippen LogP contribution >= 0.6 is 0 Å². The molecule has 13 heteroatoms. The number of piperidine rings is 2. The molecule has 288 valence electrons. The van der Waals surface area contributed by atoms with Gasteiger partial charge in [0.15, 0.2) is 5.78 Å². The number of aryl methyl sites for hydroxylation is 1. The number of carbonyl (C=O) groups is 3. The molecular weight excluding hydrogens is 695 g/mol. The lowest BCUT2D eigenvalue weighted by Gasteiger charge is -2.38. The fourth-order valence-electron chi connectivity index (χ4n) is 9.11. The number of benzene rings is 1. The van der Waals surface area contributed by atoms with Crippen molar-refractivity contribution >= 4 is 46.1 Å². The number of nitrogens with one attached hydrogen (secondary N) is 2. The first-order chi connectivity index (χ1) is 26.7. The Morgan fingerprint density at radius 2 is 1.58 bits per heavy atom. The number of hydrogen-bond acceptors (Lipinski definition) is 11. The number of fused-ring (bicyclic) bond motifs is 1. The van der Waals surface area contributed by atoms with E-state index in [4.69, 9.17) is 4.98 Å². The zero-order valence-electron chi connectivity index (χ0n) is 31.9. The summed E-state index contributed by atoms with van der Waals surface area (Å²) in [5.41, 5.74) is 4.57. The van der Waals surface area contributed by atoms with E-state index in [-0.39, 0.29) is 40.7 Å². The van der Waals surface area contributed by atoms with Crippen LogP contribution < -0.4 is 21.1 Å². The maximum absolute atomic E-state index is 13.6. The summed E-state index contributed by atoms with van der Waals surface area (Å²) in [5, 5.41) is 6.45. The van der Waals surface area contributed by atoms with Gasteiger partial charge in [0.2, 0.25) is 17.8 Å². The number of imide groups is 1. The summed E-state index contributed by atoms with van der Waals surface area (Å²) in [7, 11) is 0. The number of ketones is 1. The molecule has 0 radical (unpaired) electrons. The molecule has 2 N–H and O–H groups in total. The summed E-state index contributed by atoms with van der Waals surface area (Å²) in [6, 6.07) is 12.5. The summed E-state index contributed by atoms with van der Waals surface area (Å²) >= 11 is 0. The molecule has 6 heterocycles. The summed E-state index contributed by atoms with van der Waals surface area (Å²) in [6.07, 6.45) is 10.7. The number of pyridine rings is 2. The smallest absolute Gasteiger partial charge is 0.263 e. The number of Topliss-reactive ketones (excluding diaryl/α,β-unsaturated/α-hetero) is 1. The quantitative estimate of drug-likeness (QED) is 0.166. The molecule has 1 saturated carbocycles. The average molecular weight is 746 g/mol. The number of hydrogen-bond donors (Lipinski definition) is 2. The second kappa shape index (κ2) is 16.0. The number of carbonyl (C=O) groups excluding carboxylic acids is 3. The lowest BCUT2D eigenvalue weighted by molar-refractivity contribution is -0.134. The highest BCUT2D eigenvalue weighted by Crippen LogP contribution is 2.34. The van der Waals surface area contributed by atoms with Crippen LogP contribution in [0.25, 0.3) is 11.0 Å². The van der Waals surface area contributed by atoms with E-state index in [1.165, 1.54) is 12.5 Å². The SMILES string of the molecule is CC(=O)c1c(C)c2cnc(Nc3ccc(N4CCN(CCN5CCC(c6cccc(C7CCC(=O)NC7=O)c6)CC5)CC4)cn3)nc2n(C2CCCC2)c1=O. The van der Waals surface area contributed by atoms with Gasteiger partial charge in [0.25, 0.3) is 5.56 Å². The van der Waals surface area contributed by atoms with Gasteiger partial charge in [0.1, 0.15) is 11.5 Å². The van der Waals surface area contributed by atoms with Crippen LogP contribution in [0.1, 0.15) is 103 Å². The minimum absolute atomic E-state index is 0.0251. The predicted molar refractivity (Wildman–Crippen MR) is 212 cm³/mol. The molecule has 1 unspecified atom stereocenters. The number of piperazine rings is 1. The normalized spacial score (nSPS) is 20.6. The van der Waals surface area contributed by atoms with Crippen LogP contribution in [0.3, 0.4) is 0 Å². The Kier molecular flexibility index (Phi) is 10.7. The average Bonchev–Trinajstić information content (AvgIpc) is 3.72. The Morgan fingerprint density at radius 3 is 2.27 bits per heavy atom. The predicted octanol–water partition coefficient (Wildman–Crippen LogP) is 5.08. The van der Waals surface area contributed by atoms with E-state index < -0.39 is 0 Å². The molecular formula is C42H51N9O4. The third kappa shape index (κ3) is 7.90. The van der Waals surface area contributed by atoms with Crippen molar-refractivity contribution in [3.63, 3.8) is 0 Å². The van der Waals surface area contributed by atoms with Crippen molar-refractivity contribution in [3.8, 4) is 0 Å². The summed E-state index contributed by atoms with van der Waals surface area (Å²) in [4.78, 5) is 71.6. The number of likely N-dealkylation sites (tertiary alicyclic amines) is 1. The van der Waals surface area contributed by atoms with Crippen molar-refractivity contribution in [2.24, 2.45) is 0 Å². The Labute approximate surface area is 321 Å². The molecule has 3 saturated heterocycles. The lowest BCUT2D eigenvalue weighted by atomic mass is 9.84. The molecule has 3 aromatic heterocycles. The van der Waals surface area contributed by atoms with Gasteiger partial charge < -0.3 is 15.1 Å². The van der Waals surface area contributed by atoms with Crippen LogP contribution in [0.2, 0.25) is 0 Å². The van der Waals surface area contributed by atoms with Gasteiger partial charge >= 0.3 is 0 Å². The second-order valence-electron chi connectivity index (χ2n) is 15.7. The number of amides is 2. The topological polar surface area (TPSA) is 146 Å². The van der Waals surface area contributed by atoms with Gasteiger partial charge in [-0.15, -0.1) is 0 Å². The standard InChI is InChI=1S/C42H51N9O4/c1-27-35-26-44-42(47-39(35)51(32-8-3-4-9-32)41(55)38(27)28(2)52)45-36-12-10-33(25-43-36)50-22-20-49(21-23-50)19-18-48-16-14-29(15-17-48)30-6-5-7-31(24-30)34-11-13-37(53)46-40(34)54/h5-7,10,12,24-26,29,32,34H,3-4,8-9,11,13-23H2,1-2H3,(H,46,53,54)(H,43,44,45,47). The fourth-order valence-corrected chi connectivity index (χ4v) is 9.11. The lowest BCUT2D eigenvalue weighted by Crippen LogP contribution is -2.49. The van der Waals surface area contributed by atoms with E-state index in [2.05, 4.69) is 59.6 Å². The van der Waals surface area contributed by atoms with E-state index in [1.54, 1.807) is 17.7 Å². The summed E-state index contributed by atoms with van der Waals surface area (Å²) in [6.45, 7) is 11.4. The number of rotatable bonds is 10. The zero-order valence-corrected chi connectivity index (χ0v) is 31.9. The molecule has 4 aromatic rings. The highest BCUT2D eigenvalue weighted by Gasteiger charge is 2.30. The van der Waals surface area contributed by atoms with Gasteiger partial charge in [-0.05, 0) is 93.8 Å². The van der Waals surface area contributed by atoms with Crippen molar-refractivity contribution in [2.75, 3.05) is 62.6 Å². The molecule has 0 bridgehead atoms. The van der Waals surface area contributed by atoms with Crippen molar-refractivity contribution in [1.82, 2.24) is 34.6 Å². The molecule has 3 aliphatic heterocycles. The van der Waals surface area contributed by atoms with E-state index in [9.17, 15) is 19.2 Å². The van der Waals surface area contributed by atoms with E-state index in [1.807, 2.05) is 18.3 Å². The van der Waals surface area contributed by atoms with Gasteiger partial charge in [-0.25, -0.2) is 9.97 Å². The van der Waals surface area contributed by atoms with Crippen molar-refractivity contribution in [3.05, 3.63) is 81.4 Å². The van der Waals surface area contributed by atoms with E-state index >= 15 is 0 Å². The first kappa shape index (κ1) is 36.9. The molecule has 1 aromatic carbocycles. The molecule has 0 spiro atoms. The minimum Gasteiger partial charge on any atom is -0.368 e. The Morgan fingerprint density at radius 1 is 0.855 bits per heavy atom. The Balaban J connectivity index is 0.818. The van der Waals surface area contributed by atoms with Crippen molar-refractivity contribution < 1.29 is 14.4 Å². The monoisotopic (exact) mass is 745 g/mol. The van der Waals surface area contributed by atoms with Crippen LogP contribution in [0.5, 0.6) is 0 Å². The van der Waals surface area contributed by atoms with Crippen LogP contribution in [-0.2, 0) is 9.59 Å². The van der Waals surface area contributed by atoms with Crippen molar-refractivity contribution in [2.45, 2.75) is 83.1 Å². The molecule has 2 amide bonds. The van der Waals surface area contributed by atoms with Crippen LogP contribution in [0.4, 0.5) is 17.5 Å². The second-order valence-corrected chi connectivity index (χ2v) is 15.7. The molecule has 1 atom stereocenters. The number of anilines is 3. The first-order valence-corrected chi connectivity index (χ1v) is 20.0. The van der Waals surface area contributed by atoms with E-state index in [0.29, 0.717) is 41.7 Å². The maximum Gasteiger partial charge on any atom is 0.263 e. The largest absolute Gasteiger partial charge is 0.368 e. The Hall–Kier alpha value is -5.01. The number of aromatic nitrogens is 4. The van der Waals surface area contributed by atoms with E-state index in [0.717, 1.165) is 108 Å². The maximum atomic E-state index is 13.6. The van der Waals surface area contributed by atoms with Crippen molar-refractivity contribution in [1.29, 1.82) is 0 Å². The van der Waals surface area contributed by atoms with Gasteiger partial charge in [0, 0.05) is 63.3 Å². The minimum atomic E-state index is -0.259. The summed E-state index contributed by atoms with van der Waals surface area (Å²) < 4.78 is 1.73. The van der Waals surface area contributed by atoms with Gasteiger partial charge in [-0.3, -0.25) is 34.0 Å². The first-order valence-electron chi connectivity index (χ1n) is 20.0. The van der Waals surface area contributed by atoms with Gasteiger partial charge in [-0.2, -0.15) is 4.98 Å². The third-order valence-corrected chi connectivity index (χ3v) is 12.3. The van der Waals surface area contributed by atoms with Gasteiger partial charge in [-0.1, -0.05) is 37.1 Å². The molecule has 4 aliphatic rings. The fraction of sp³-hybridized carbons (Fsp3) is 0.500. The number of nitrogens with zero attached hydrogens (tertiary/aromatic N) is 7. The third-order valence-electron chi connectivity index (χ3n) is 12.3.